The molecule has 9 N–H and O–H groups in total. The van der Waals surface area contributed by atoms with Crippen LogP contribution < -0.4 is 48.7 Å². The van der Waals surface area contributed by atoms with E-state index in [4.69, 9.17) is 0 Å². The SMILES string of the molecule is CCNC(=O)Nc1nc2c(-n3cccn3)cc(-c3ccn(CC(C)C)c(=O)c3)cc2[nH]1.CCNC(=O)Nc1nc2c(-n3cccn3)cc(-c3ccn(CC4CC4)c(=O)c3)cc2[nH]1.CCNC(=O)Nc1nc2c(-n3ncn(CC)c3=O)cc(-c3cccnc3)cc2[nH]1. The normalized spacial score (nSPS) is 11.9. The Balaban J connectivity index is 0.000000140. The zero-order chi connectivity index (χ0) is 63.7. The number of fused-ring (bicyclic) bond motifs is 3. The van der Waals surface area contributed by atoms with Gasteiger partial charge in [0.15, 0.2) is 0 Å². The Labute approximate surface area is 519 Å². The molecular formula is C63H68N22O6. The zero-order valence-electron chi connectivity index (χ0n) is 50.9. The third-order valence-corrected chi connectivity index (χ3v) is 14.6. The minimum Gasteiger partial charge on any atom is -0.338 e. The number of H-pyrrole nitrogens is 3. The minimum atomic E-state index is -0.368. The molecule has 6 amide bonds. The standard InChI is InChI=1S/C22H23N7O2.C22H25N7O2.C19H20N8O2/c1-2-23-22(31)27-21-25-17-10-16(11-18(20(17)26-21)29-8-3-7-24-29)15-6-9-28(19(30)12-15)13-14-4-5-14;1-4-23-22(31)27-21-25-17-10-16(11-18(20(17)26-21)29-8-5-7-24-29)15-6-9-28(13-14(2)3)19(30)12-15;1-3-21-18(28)25-17-23-14-8-13(12-6-5-7-20-10-12)9-15(16(14)24-17)27-19(29)26(4-2)11-22-27/h3,6-12,14H,2,4-5,13H2,1H3,(H3,23,25,26,27,31);5-12,14H,4,13H2,1-3H3,(H3,23,25,26,27,31);5-11H,3-4H2,1-2H3,(H3,21,23,24,25,28). The number of pyridine rings is 3. The van der Waals surface area contributed by atoms with Gasteiger partial charge in [0.05, 0.1) is 33.6 Å². The van der Waals surface area contributed by atoms with E-state index in [-0.39, 0.29) is 40.8 Å². The first-order chi connectivity index (χ1) is 44.1. The maximum absolute atomic E-state index is 12.7. The van der Waals surface area contributed by atoms with Gasteiger partial charge in [-0.1, -0.05) is 19.9 Å². The Morgan fingerprint density at radius 1 is 0.527 bits per heavy atom. The van der Waals surface area contributed by atoms with Crippen molar-refractivity contribution in [1.82, 2.24) is 93.9 Å². The number of aromatic amines is 3. The van der Waals surface area contributed by atoms with Crippen molar-refractivity contribution in [2.45, 2.75) is 74.0 Å². The van der Waals surface area contributed by atoms with Crippen LogP contribution in [0.25, 0.3) is 83.5 Å². The molecule has 91 heavy (non-hydrogen) atoms. The van der Waals surface area contributed by atoms with Crippen LogP contribution in [0.5, 0.6) is 0 Å². The first kappa shape index (κ1) is 61.0. The summed E-state index contributed by atoms with van der Waals surface area (Å²) in [6, 6.07) is 25.1. The number of nitrogens with zero attached hydrogens (tertiary/aromatic N) is 13. The predicted molar refractivity (Wildman–Crippen MR) is 348 cm³/mol. The number of anilines is 3. The second-order valence-corrected chi connectivity index (χ2v) is 21.8. The number of benzene rings is 3. The summed E-state index contributed by atoms with van der Waals surface area (Å²) in [5.74, 6) is 1.96. The van der Waals surface area contributed by atoms with E-state index in [2.05, 4.69) is 95.9 Å². The van der Waals surface area contributed by atoms with Gasteiger partial charge >= 0.3 is 23.8 Å². The van der Waals surface area contributed by atoms with Gasteiger partial charge in [-0.05, 0) is 147 Å². The molecule has 466 valence electrons. The molecule has 1 fully saturated rings. The maximum atomic E-state index is 12.7. The molecule has 1 aliphatic carbocycles. The summed E-state index contributed by atoms with van der Waals surface area (Å²) in [6.45, 7) is 15.0. The van der Waals surface area contributed by atoms with Crippen molar-refractivity contribution in [2.75, 3.05) is 35.6 Å². The van der Waals surface area contributed by atoms with Crippen LogP contribution in [0.3, 0.4) is 0 Å². The fourth-order valence-electron chi connectivity index (χ4n) is 10.1. The predicted octanol–water partition coefficient (Wildman–Crippen LogP) is 8.64. The molecule has 0 bridgehead atoms. The van der Waals surface area contributed by atoms with Crippen molar-refractivity contribution in [3.63, 3.8) is 0 Å². The quantitative estimate of drug-likeness (QED) is 0.0413. The van der Waals surface area contributed by atoms with Crippen molar-refractivity contribution < 1.29 is 14.4 Å². The van der Waals surface area contributed by atoms with E-state index in [1.54, 1.807) is 55.4 Å². The first-order valence-electron chi connectivity index (χ1n) is 29.9. The number of amides is 6. The summed E-state index contributed by atoms with van der Waals surface area (Å²) in [5.41, 5.74) is 10.7. The topological polar surface area (TPSA) is 342 Å². The summed E-state index contributed by atoms with van der Waals surface area (Å²) in [5, 5.41) is 29.0. The van der Waals surface area contributed by atoms with Crippen LogP contribution in [0.15, 0.2) is 155 Å². The van der Waals surface area contributed by atoms with Crippen LogP contribution in [0.1, 0.15) is 54.4 Å². The lowest BCUT2D eigenvalue weighted by atomic mass is 10.0. The van der Waals surface area contributed by atoms with Crippen LogP contribution in [0, 0.1) is 11.8 Å². The van der Waals surface area contributed by atoms with E-state index in [1.807, 2.05) is 125 Å². The van der Waals surface area contributed by atoms with E-state index >= 15 is 0 Å². The molecule has 9 heterocycles. The van der Waals surface area contributed by atoms with Crippen LogP contribution in [-0.4, -0.2) is 116 Å². The second-order valence-electron chi connectivity index (χ2n) is 21.8. The summed E-state index contributed by atoms with van der Waals surface area (Å²) < 4.78 is 9.73. The van der Waals surface area contributed by atoms with E-state index < -0.39 is 0 Å². The van der Waals surface area contributed by atoms with E-state index in [1.165, 1.54) is 28.4 Å². The van der Waals surface area contributed by atoms with Gasteiger partial charge in [0, 0.05) is 107 Å². The minimum absolute atomic E-state index is 0.00617. The van der Waals surface area contributed by atoms with Gasteiger partial charge in [0.2, 0.25) is 17.8 Å². The Morgan fingerprint density at radius 3 is 1.41 bits per heavy atom. The fourth-order valence-corrected chi connectivity index (χ4v) is 10.1. The number of hydrogen-bond acceptors (Lipinski definition) is 13. The lowest BCUT2D eigenvalue weighted by Crippen LogP contribution is -2.28. The average Bonchev–Trinajstić information content (AvgIpc) is 1.70. The molecule has 3 aromatic carbocycles. The Kier molecular flexibility index (Phi) is 18.2. The van der Waals surface area contributed by atoms with Gasteiger partial charge in [0.1, 0.15) is 22.9 Å². The van der Waals surface area contributed by atoms with Gasteiger partial charge in [-0.3, -0.25) is 35.1 Å². The number of urea groups is 3. The molecule has 0 unspecified atom stereocenters. The lowest BCUT2D eigenvalue weighted by molar-refractivity contribution is 0.251. The van der Waals surface area contributed by atoms with E-state index in [0.717, 1.165) is 62.3 Å². The third-order valence-electron chi connectivity index (χ3n) is 14.6. The van der Waals surface area contributed by atoms with Crippen molar-refractivity contribution in [1.29, 1.82) is 0 Å². The van der Waals surface area contributed by atoms with Gasteiger partial charge in [-0.15, -0.1) is 0 Å². The third kappa shape index (κ3) is 14.2. The van der Waals surface area contributed by atoms with Gasteiger partial charge < -0.3 is 40.0 Å². The molecule has 0 spiro atoms. The number of aromatic nitrogens is 16. The molecule has 1 aliphatic rings. The number of carbonyl (C=O) groups excluding carboxylic acids is 3. The molecule has 1 saturated carbocycles. The number of rotatable bonds is 17. The second kappa shape index (κ2) is 27.1. The number of carbonyl (C=O) groups is 3. The van der Waals surface area contributed by atoms with Crippen molar-refractivity contribution in [3.8, 4) is 50.4 Å². The summed E-state index contributed by atoms with van der Waals surface area (Å²) in [4.78, 5) is 101. The average molecular weight is 1230 g/mol. The molecule has 0 aliphatic heterocycles. The molecule has 28 nitrogen and oxygen atoms in total. The van der Waals surface area contributed by atoms with Crippen LogP contribution in [-0.2, 0) is 19.6 Å². The van der Waals surface area contributed by atoms with Gasteiger partial charge in [-0.25, -0.2) is 43.5 Å². The zero-order valence-corrected chi connectivity index (χ0v) is 50.9. The highest BCUT2D eigenvalue weighted by Gasteiger charge is 2.23. The highest BCUT2D eigenvalue weighted by molar-refractivity contribution is 5.97. The fraction of sp³-hybridized carbons (Fsp3) is 0.254. The molecular weight excluding hydrogens is 1160 g/mol. The molecule has 0 atom stereocenters. The summed E-state index contributed by atoms with van der Waals surface area (Å²) >= 11 is 0. The maximum Gasteiger partial charge on any atom is 0.350 e. The number of hydrogen-bond donors (Lipinski definition) is 9. The van der Waals surface area contributed by atoms with Crippen molar-refractivity contribution in [2.24, 2.45) is 11.8 Å². The largest absolute Gasteiger partial charge is 0.350 e. The van der Waals surface area contributed by atoms with Crippen molar-refractivity contribution in [3.05, 3.63) is 172 Å². The molecule has 12 aromatic rings. The first-order valence-corrected chi connectivity index (χ1v) is 29.9. The van der Waals surface area contributed by atoms with Crippen LogP contribution in [0.2, 0.25) is 0 Å². The van der Waals surface area contributed by atoms with Crippen LogP contribution in [0.4, 0.5) is 32.2 Å². The van der Waals surface area contributed by atoms with Gasteiger partial charge in [-0.2, -0.15) is 20.0 Å². The molecule has 28 heteroatoms. The monoisotopic (exact) mass is 1230 g/mol. The summed E-state index contributed by atoms with van der Waals surface area (Å²) in [7, 11) is 0. The Hall–Kier alpha value is -11.7. The molecule has 9 aromatic heterocycles. The van der Waals surface area contributed by atoms with E-state index in [9.17, 15) is 28.8 Å². The number of aryl methyl sites for hydroxylation is 1. The number of nitrogens with one attached hydrogen (secondary N) is 9. The molecule has 13 rings (SSSR count). The van der Waals surface area contributed by atoms with Crippen LogP contribution >= 0.6 is 0 Å². The van der Waals surface area contributed by atoms with E-state index in [0.29, 0.717) is 84.2 Å². The smallest absolute Gasteiger partial charge is 0.338 e. The van der Waals surface area contributed by atoms with Gasteiger partial charge in [0.25, 0.3) is 11.1 Å². The lowest BCUT2D eigenvalue weighted by Gasteiger charge is -2.11. The Bertz CT molecular complexity index is 4540. The molecule has 0 radical (unpaired) electrons. The van der Waals surface area contributed by atoms with Crippen molar-refractivity contribution >= 4 is 69.0 Å². The highest BCUT2D eigenvalue weighted by Crippen LogP contribution is 2.34. The highest BCUT2D eigenvalue weighted by atomic mass is 16.2. The number of imidazole rings is 3. The summed E-state index contributed by atoms with van der Waals surface area (Å²) in [6.07, 6.45) is 18.0. The molecule has 0 saturated heterocycles. The Morgan fingerprint density at radius 2 is 1.00 bits per heavy atom.